The Bertz CT molecular complexity index is 680. The van der Waals surface area contributed by atoms with E-state index < -0.39 is 0 Å². The van der Waals surface area contributed by atoms with Gasteiger partial charge in [0.15, 0.2) is 5.78 Å². The monoisotopic (exact) mass is 253 g/mol. The predicted octanol–water partition coefficient (Wildman–Crippen LogP) is 2.34. The van der Waals surface area contributed by atoms with Crippen LogP contribution in [0.3, 0.4) is 0 Å². The minimum absolute atomic E-state index is 0.109. The highest BCUT2D eigenvalue weighted by molar-refractivity contribution is 6.05. The van der Waals surface area contributed by atoms with Crippen LogP contribution in [-0.2, 0) is 0 Å². The molecule has 0 fully saturated rings. The Morgan fingerprint density at radius 3 is 2.74 bits per heavy atom. The predicted molar refractivity (Wildman–Crippen MR) is 69.9 cm³/mol. The summed E-state index contributed by atoms with van der Waals surface area (Å²) in [6, 6.07) is 10.1. The van der Waals surface area contributed by atoms with E-state index in [4.69, 9.17) is 5.26 Å². The summed E-state index contributed by atoms with van der Waals surface area (Å²) in [5.41, 5.74) is 1.75. The maximum absolute atomic E-state index is 11.9. The highest BCUT2D eigenvalue weighted by Gasteiger charge is 2.10. The van der Waals surface area contributed by atoms with Crippen LogP contribution in [0.1, 0.15) is 33.3 Å². The fourth-order valence-corrected chi connectivity index (χ4v) is 1.59. The van der Waals surface area contributed by atoms with Gasteiger partial charge in [-0.15, -0.1) is 0 Å². The molecule has 5 heteroatoms. The van der Waals surface area contributed by atoms with E-state index in [1.54, 1.807) is 24.3 Å². The van der Waals surface area contributed by atoms with Crippen molar-refractivity contribution in [1.82, 2.24) is 4.98 Å². The van der Waals surface area contributed by atoms with Crippen molar-refractivity contribution in [3.8, 4) is 6.07 Å². The first-order valence-electron chi connectivity index (χ1n) is 5.61. The average molecular weight is 253 g/mol. The fraction of sp³-hybridized carbons (Fsp3) is 0.0714. The molecule has 5 nitrogen and oxygen atoms in total. The van der Waals surface area contributed by atoms with Crippen LogP contribution < -0.4 is 5.32 Å². The molecule has 1 aromatic carbocycles. The molecule has 0 bridgehead atoms. The molecule has 0 saturated heterocycles. The number of nitriles is 1. The molecule has 2 N–H and O–H groups in total. The van der Waals surface area contributed by atoms with Gasteiger partial charge in [0, 0.05) is 17.4 Å². The van der Waals surface area contributed by atoms with E-state index in [9.17, 15) is 9.59 Å². The molecular weight excluding hydrogens is 242 g/mol. The maximum Gasteiger partial charge on any atom is 0.272 e. The number of nitrogens with one attached hydrogen (secondary N) is 2. The zero-order valence-corrected chi connectivity index (χ0v) is 10.2. The second-order valence-corrected chi connectivity index (χ2v) is 4.00. The molecule has 1 aromatic heterocycles. The van der Waals surface area contributed by atoms with Gasteiger partial charge < -0.3 is 10.3 Å². The van der Waals surface area contributed by atoms with E-state index in [0.717, 1.165) is 0 Å². The van der Waals surface area contributed by atoms with Gasteiger partial charge >= 0.3 is 0 Å². The van der Waals surface area contributed by atoms with Crippen LogP contribution in [0.5, 0.6) is 0 Å². The van der Waals surface area contributed by atoms with Crippen LogP contribution in [0.4, 0.5) is 5.69 Å². The molecule has 1 heterocycles. The van der Waals surface area contributed by atoms with Gasteiger partial charge in [0.25, 0.3) is 5.91 Å². The first-order chi connectivity index (χ1) is 9.10. The van der Waals surface area contributed by atoms with Gasteiger partial charge in [0.05, 0.1) is 11.6 Å². The van der Waals surface area contributed by atoms with Crippen LogP contribution in [0.15, 0.2) is 36.5 Å². The third-order valence-electron chi connectivity index (χ3n) is 2.58. The van der Waals surface area contributed by atoms with Crippen molar-refractivity contribution in [2.24, 2.45) is 0 Å². The molecule has 94 valence electrons. The Hall–Kier alpha value is -2.87. The van der Waals surface area contributed by atoms with E-state index >= 15 is 0 Å². The molecule has 0 aliphatic rings. The SMILES string of the molecule is CC(=O)c1c[nH]c(C(=O)Nc2cccc(C#N)c2)c1. The summed E-state index contributed by atoms with van der Waals surface area (Å²) in [4.78, 5) is 25.8. The summed E-state index contributed by atoms with van der Waals surface area (Å²) in [5.74, 6) is -0.468. The summed E-state index contributed by atoms with van der Waals surface area (Å²) in [6.07, 6.45) is 1.49. The Labute approximate surface area is 109 Å². The van der Waals surface area contributed by atoms with Crippen LogP contribution >= 0.6 is 0 Å². The van der Waals surface area contributed by atoms with Crippen LogP contribution in [0, 0.1) is 11.3 Å². The number of Topliss-reactive ketones (excluding diaryl/α,β-unsaturated/α-hetero) is 1. The number of aromatic amines is 1. The van der Waals surface area contributed by atoms with Crippen LogP contribution in [0.25, 0.3) is 0 Å². The number of H-pyrrole nitrogens is 1. The number of hydrogen-bond donors (Lipinski definition) is 2. The number of carbonyl (C=O) groups is 2. The number of carbonyl (C=O) groups excluding carboxylic acids is 2. The first-order valence-corrected chi connectivity index (χ1v) is 5.61. The van der Waals surface area contributed by atoms with Crippen molar-refractivity contribution in [3.05, 3.63) is 53.3 Å². The minimum atomic E-state index is -0.359. The molecule has 2 aromatic rings. The van der Waals surface area contributed by atoms with Crippen molar-refractivity contribution in [1.29, 1.82) is 5.26 Å². The number of hydrogen-bond acceptors (Lipinski definition) is 3. The number of amides is 1. The van der Waals surface area contributed by atoms with Gasteiger partial charge in [0.2, 0.25) is 0 Å². The molecule has 0 aliphatic carbocycles. The number of rotatable bonds is 3. The standard InChI is InChI=1S/C14H11N3O2/c1-9(18)11-6-13(16-8-11)14(19)17-12-4-2-3-10(5-12)7-15/h2-6,8,16H,1H3,(H,17,19). The maximum atomic E-state index is 11.9. The average Bonchev–Trinajstić information content (AvgIpc) is 2.89. The minimum Gasteiger partial charge on any atom is -0.356 e. The Morgan fingerprint density at radius 1 is 1.32 bits per heavy atom. The summed E-state index contributed by atoms with van der Waals surface area (Å²) in [5, 5.41) is 11.4. The summed E-state index contributed by atoms with van der Waals surface area (Å²) in [6.45, 7) is 1.43. The zero-order chi connectivity index (χ0) is 13.8. The van der Waals surface area contributed by atoms with Gasteiger partial charge in [0.1, 0.15) is 5.69 Å². The number of anilines is 1. The Morgan fingerprint density at radius 2 is 2.11 bits per heavy atom. The number of benzene rings is 1. The van der Waals surface area contributed by atoms with Crippen LogP contribution in [-0.4, -0.2) is 16.7 Å². The number of ketones is 1. The quantitative estimate of drug-likeness (QED) is 0.823. The van der Waals surface area contributed by atoms with E-state index in [1.165, 1.54) is 19.2 Å². The highest BCUT2D eigenvalue weighted by atomic mass is 16.2. The first kappa shape index (κ1) is 12.6. The van der Waals surface area contributed by atoms with E-state index in [2.05, 4.69) is 10.3 Å². The number of nitrogens with zero attached hydrogens (tertiary/aromatic N) is 1. The van der Waals surface area contributed by atoms with E-state index in [-0.39, 0.29) is 11.7 Å². The molecule has 0 spiro atoms. The van der Waals surface area contributed by atoms with Crippen LogP contribution in [0.2, 0.25) is 0 Å². The molecule has 0 atom stereocenters. The van der Waals surface area contributed by atoms with Crippen molar-refractivity contribution < 1.29 is 9.59 Å². The summed E-state index contributed by atoms with van der Waals surface area (Å²) < 4.78 is 0. The lowest BCUT2D eigenvalue weighted by atomic mass is 10.2. The van der Waals surface area contributed by atoms with Gasteiger partial charge in [-0.3, -0.25) is 9.59 Å². The highest BCUT2D eigenvalue weighted by Crippen LogP contribution is 2.12. The lowest BCUT2D eigenvalue weighted by Crippen LogP contribution is -2.12. The van der Waals surface area contributed by atoms with Crippen molar-refractivity contribution >= 4 is 17.4 Å². The Kier molecular flexibility index (Phi) is 3.44. The molecule has 2 rings (SSSR count). The second kappa shape index (κ2) is 5.19. The molecule has 0 saturated carbocycles. The zero-order valence-electron chi connectivity index (χ0n) is 10.2. The van der Waals surface area contributed by atoms with Crippen molar-refractivity contribution in [2.75, 3.05) is 5.32 Å². The van der Waals surface area contributed by atoms with Gasteiger partial charge in [-0.05, 0) is 31.2 Å². The van der Waals surface area contributed by atoms with Gasteiger partial charge in [-0.2, -0.15) is 5.26 Å². The molecular formula is C14H11N3O2. The third-order valence-corrected chi connectivity index (χ3v) is 2.58. The topological polar surface area (TPSA) is 85.8 Å². The summed E-state index contributed by atoms with van der Waals surface area (Å²) >= 11 is 0. The van der Waals surface area contributed by atoms with Gasteiger partial charge in [-0.25, -0.2) is 0 Å². The molecule has 19 heavy (non-hydrogen) atoms. The van der Waals surface area contributed by atoms with Gasteiger partial charge in [-0.1, -0.05) is 6.07 Å². The van der Waals surface area contributed by atoms with E-state index in [1.807, 2.05) is 6.07 Å². The molecule has 0 unspecified atom stereocenters. The third kappa shape index (κ3) is 2.87. The molecule has 0 radical (unpaired) electrons. The smallest absolute Gasteiger partial charge is 0.272 e. The lowest BCUT2D eigenvalue weighted by Gasteiger charge is -2.03. The lowest BCUT2D eigenvalue weighted by molar-refractivity contribution is 0.101. The molecule has 0 aliphatic heterocycles. The second-order valence-electron chi connectivity index (χ2n) is 4.00. The molecule has 1 amide bonds. The van der Waals surface area contributed by atoms with Crippen molar-refractivity contribution in [2.45, 2.75) is 6.92 Å². The Balaban J connectivity index is 2.16. The van der Waals surface area contributed by atoms with E-state index in [0.29, 0.717) is 22.5 Å². The van der Waals surface area contributed by atoms with Crippen molar-refractivity contribution in [3.63, 3.8) is 0 Å². The largest absolute Gasteiger partial charge is 0.356 e. The summed E-state index contributed by atoms with van der Waals surface area (Å²) in [7, 11) is 0. The number of aromatic nitrogens is 1. The fourth-order valence-electron chi connectivity index (χ4n) is 1.59. The normalized spacial score (nSPS) is 9.68.